The third-order valence-electron chi connectivity index (χ3n) is 2.42. The molecule has 17 heavy (non-hydrogen) atoms. The number of nitrogens with zero attached hydrogens (tertiary/aromatic N) is 3. The second kappa shape index (κ2) is 4.78. The zero-order chi connectivity index (χ0) is 12.3. The summed E-state index contributed by atoms with van der Waals surface area (Å²) in [7, 11) is 1.89. The van der Waals surface area contributed by atoms with Crippen LogP contribution in [0.5, 0.6) is 0 Å². The maximum atomic E-state index is 13.0. The molecule has 0 fully saturated rings. The van der Waals surface area contributed by atoms with E-state index >= 15 is 0 Å². The minimum absolute atomic E-state index is 0.335. The maximum absolute atomic E-state index is 13.0. The van der Waals surface area contributed by atoms with Gasteiger partial charge in [-0.15, -0.1) is 0 Å². The first kappa shape index (κ1) is 11.3. The zero-order valence-corrected chi connectivity index (χ0v) is 9.47. The van der Waals surface area contributed by atoms with Crippen LogP contribution in [0.4, 0.5) is 15.8 Å². The summed E-state index contributed by atoms with van der Waals surface area (Å²) < 4.78 is 13.0. The standard InChI is InChI=1S/C12H13FN4/c1-17(12-2-3-15-7-11(12)14)8-9-4-10(13)6-16-5-9/h2-7H,8,14H2,1H3. The molecule has 2 rings (SSSR count). The lowest BCUT2D eigenvalue weighted by molar-refractivity contribution is 0.618. The van der Waals surface area contributed by atoms with Crippen LogP contribution in [0.25, 0.3) is 0 Å². The molecule has 2 aromatic heterocycles. The number of pyridine rings is 2. The Morgan fingerprint density at radius 1 is 1.29 bits per heavy atom. The van der Waals surface area contributed by atoms with Gasteiger partial charge in [-0.25, -0.2) is 4.39 Å². The van der Waals surface area contributed by atoms with E-state index in [0.717, 1.165) is 11.3 Å². The molecule has 88 valence electrons. The average Bonchev–Trinajstić information content (AvgIpc) is 2.29. The quantitative estimate of drug-likeness (QED) is 0.877. The van der Waals surface area contributed by atoms with E-state index in [-0.39, 0.29) is 5.82 Å². The van der Waals surface area contributed by atoms with Gasteiger partial charge in [0, 0.05) is 26.0 Å². The SMILES string of the molecule is CN(Cc1cncc(F)c1)c1ccncc1N. The molecule has 0 spiro atoms. The molecule has 0 bridgehead atoms. The van der Waals surface area contributed by atoms with Crippen LogP contribution in [0, 0.1) is 5.82 Å². The highest BCUT2D eigenvalue weighted by Crippen LogP contribution is 2.21. The van der Waals surface area contributed by atoms with Gasteiger partial charge in [0.2, 0.25) is 0 Å². The molecule has 4 nitrogen and oxygen atoms in total. The van der Waals surface area contributed by atoms with Gasteiger partial charge in [-0.2, -0.15) is 0 Å². The smallest absolute Gasteiger partial charge is 0.141 e. The Kier molecular flexibility index (Phi) is 3.18. The molecule has 0 radical (unpaired) electrons. The van der Waals surface area contributed by atoms with Crippen molar-refractivity contribution in [3.05, 3.63) is 48.3 Å². The summed E-state index contributed by atoms with van der Waals surface area (Å²) in [6.45, 7) is 0.541. The highest BCUT2D eigenvalue weighted by molar-refractivity contribution is 5.65. The molecule has 5 heteroatoms. The number of aromatic nitrogens is 2. The number of hydrogen-bond donors (Lipinski definition) is 1. The second-order valence-corrected chi connectivity index (χ2v) is 3.80. The van der Waals surface area contributed by atoms with E-state index in [9.17, 15) is 4.39 Å². The number of rotatable bonds is 3. The van der Waals surface area contributed by atoms with Gasteiger partial charge < -0.3 is 10.6 Å². The van der Waals surface area contributed by atoms with Crippen molar-refractivity contribution in [2.45, 2.75) is 6.54 Å². The van der Waals surface area contributed by atoms with Crippen molar-refractivity contribution in [3.8, 4) is 0 Å². The van der Waals surface area contributed by atoms with Gasteiger partial charge in [-0.3, -0.25) is 9.97 Å². The fourth-order valence-electron chi connectivity index (χ4n) is 1.65. The molecular weight excluding hydrogens is 219 g/mol. The molecule has 0 aliphatic rings. The lowest BCUT2D eigenvalue weighted by Gasteiger charge is -2.20. The summed E-state index contributed by atoms with van der Waals surface area (Å²) in [5, 5.41) is 0. The maximum Gasteiger partial charge on any atom is 0.141 e. The van der Waals surface area contributed by atoms with Crippen molar-refractivity contribution in [2.75, 3.05) is 17.7 Å². The average molecular weight is 232 g/mol. The third-order valence-corrected chi connectivity index (χ3v) is 2.42. The van der Waals surface area contributed by atoms with Gasteiger partial charge in [0.1, 0.15) is 5.82 Å². The number of halogens is 1. The summed E-state index contributed by atoms with van der Waals surface area (Å²) in [5.41, 5.74) is 8.07. The fourth-order valence-corrected chi connectivity index (χ4v) is 1.65. The largest absolute Gasteiger partial charge is 0.396 e. The minimum atomic E-state index is -0.335. The third kappa shape index (κ3) is 2.69. The van der Waals surface area contributed by atoms with Gasteiger partial charge in [0.15, 0.2) is 0 Å². The van der Waals surface area contributed by atoms with E-state index in [2.05, 4.69) is 9.97 Å². The first-order chi connectivity index (χ1) is 8.16. The van der Waals surface area contributed by atoms with Gasteiger partial charge in [-0.1, -0.05) is 0 Å². The fraction of sp³-hybridized carbons (Fsp3) is 0.167. The monoisotopic (exact) mass is 232 g/mol. The topological polar surface area (TPSA) is 55.0 Å². The molecule has 0 amide bonds. The van der Waals surface area contributed by atoms with Crippen molar-refractivity contribution >= 4 is 11.4 Å². The lowest BCUT2D eigenvalue weighted by Crippen LogP contribution is -2.18. The van der Waals surface area contributed by atoms with Crippen molar-refractivity contribution in [2.24, 2.45) is 0 Å². The van der Waals surface area contributed by atoms with Crippen LogP contribution < -0.4 is 10.6 Å². The molecule has 2 aromatic rings. The van der Waals surface area contributed by atoms with E-state index in [1.807, 2.05) is 18.0 Å². The second-order valence-electron chi connectivity index (χ2n) is 3.80. The zero-order valence-electron chi connectivity index (χ0n) is 9.47. The molecule has 0 aliphatic heterocycles. The van der Waals surface area contributed by atoms with Crippen LogP contribution in [0.15, 0.2) is 36.9 Å². The van der Waals surface area contributed by atoms with Crippen LogP contribution in [-0.4, -0.2) is 17.0 Å². The first-order valence-electron chi connectivity index (χ1n) is 5.17. The molecule has 0 atom stereocenters. The van der Waals surface area contributed by atoms with Crippen LogP contribution in [-0.2, 0) is 6.54 Å². The Hall–Kier alpha value is -2.17. The number of nitrogen functional groups attached to an aromatic ring is 1. The van der Waals surface area contributed by atoms with E-state index in [1.165, 1.54) is 12.3 Å². The molecule has 0 aromatic carbocycles. The number of nitrogens with two attached hydrogens (primary N) is 1. The summed E-state index contributed by atoms with van der Waals surface area (Å²) in [6, 6.07) is 3.28. The normalized spacial score (nSPS) is 10.2. The van der Waals surface area contributed by atoms with E-state index < -0.39 is 0 Å². The summed E-state index contributed by atoms with van der Waals surface area (Å²) in [5.74, 6) is -0.335. The van der Waals surface area contributed by atoms with Crippen LogP contribution in [0.3, 0.4) is 0 Å². The van der Waals surface area contributed by atoms with Crippen LogP contribution >= 0.6 is 0 Å². The Morgan fingerprint density at radius 3 is 2.82 bits per heavy atom. The Morgan fingerprint density at radius 2 is 2.12 bits per heavy atom. The number of hydrogen-bond acceptors (Lipinski definition) is 4. The first-order valence-corrected chi connectivity index (χ1v) is 5.17. The molecule has 0 unspecified atom stereocenters. The van der Waals surface area contributed by atoms with Crippen molar-refractivity contribution in [1.29, 1.82) is 0 Å². The van der Waals surface area contributed by atoms with Crippen LogP contribution in [0.2, 0.25) is 0 Å². The summed E-state index contributed by atoms with van der Waals surface area (Å²) in [4.78, 5) is 9.66. The molecular formula is C12H13FN4. The molecule has 0 saturated carbocycles. The molecule has 0 saturated heterocycles. The van der Waals surface area contributed by atoms with Gasteiger partial charge in [0.05, 0.1) is 23.8 Å². The van der Waals surface area contributed by atoms with Crippen molar-refractivity contribution in [1.82, 2.24) is 9.97 Å². The number of anilines is 2. The Labute approximate surface area is 98.9 Å². The van der Waals surface area contributed by atoms with E-state index in [0.29, 0.717) is 12.2 Å². The summed E-state index contributed by atoms with van der Waals surface area (Å²) >= 11 is 0. The van der Waals surface area contributed by atoms with E-state index in [4.69, 9.17) is 5.73 Å². The van der Waals surface area contributed by atoms with Gasteiger partial charge >= 0.3 is 0 Å². The molecule has 2 N–H and O–H groups in total. The summed E-state index contributed by atoms with van der Waals surface area (Å²) in [6.07, 6.45) is 6.09. The lowest BCUT2D eigenvalue weighted by atomic mass is 10.2. The predicted octanol–water partition coefficient (Wildman–Crippen LogP) is 1.83. The minimum Gasteiger partial charge on any atom is -0.396 e. The highest BCUT2D eigenvalue weighted by atomic mass is 19.1. The van der Waals surface area contributed by atoms with Crippen LogP contribution in [0.1, 0.15) is 5.56 Å². The molecule has 0 aliphatic carbocycles. The Bertz CT molecular complexity index is 515. The molecule has 2 heterocycles. The van der Waals surface area contributed by atoms with Gasteiger partial charge in [-0.05, 0) is 17.7 Å². The van der Waals surface area contributed by atoms with Crippen molar-refractivity contribution in [3.63, 3.8) is 0 Å². The predicted molar refractivity (Wildman–Crippen MR) is 65.0 cm³/mol. The Balaban J connectivity index is 2.17. The van der Waals surface area contributed by atoms with Crippen molar-refractivity contribution < 1.29 is 4.39 Å². The van der Waals surface area contributed by atoms with Gasteiger partial charge in [0.25, 0.3) is 0 Å². The highest BCUT2D eigenvalue weighted by Gasteiger charge is 2.06. The van der Waals surface area contributed by atoms with E-state index in [1.54, 1.807) is 18.6 Å².